The van der Waals surface area contributed by atoms with E-state index >= 15 is 0 Å². The number of carbonyl (C=O) groups is 3. The van der Waals surface area contributed by atoms with Gasteiger partial charge in [-0.05, 0) is 56.3 Å². The quantitative estimate of drug-likeness (QED) is 0.480. The van der Waals surface area contributed by atoms with Crippen LogP contribution in [0.15, 0.2) is 46.9 Å². The van der Waals surface area contributed by atoms with Crippen molar-refractivity contribution in [2.75, 3.05) is 6.54 Å². The van der Waals surface area contributed by atoms with Crippen LogP contribution in [0.4, 0.5) is 0 Å². The maximum Gasteiger partial charge on any atom is 0.269 e. The van der Waals surface area contributed by atoms with Crippen LogP contribution in [0.3, 0.4) is 0 Å². The molecule has 3 aromatic rings. The van der Waals surface area contributed by atoms with Gasteiger partial charge in [0.05, 0.1) is 11.0 Å². The van der Waals surface area contributed by atoms with Crippen LogP contribution in [0.25, 0.3) is 11.0 Å². The van der Waals surface area contributed by atoms with E-state index in [2.05, 4.69) is 41.6 Å². The van der Waals surface area contributed by atoms with Gasteiger partial charge in [0, 0.05) is 35.1 Å². The summed E-state index contributed by atoms with van der Waals surface area (Å²) in [5, 5.41) is 2.66. The summed E-state index contributed by atoms with van der Waals surface area (Å²) in [5.41, 5.74) is 7.32. The summed E-state index contributed by atoms with van der Waals surface area (Å²) in [7, 11) is 0. The average Bonchev–Trinajstić information content (AvgIpc) is 3.06. The van der Waals surface area contributed by atoms with Crippen molar-refractivity contribution < 1.29 is 14.4 Å². The number of benzene rings is 2. The molecule has 1 aromatic heterocycles. The van der Waals surface area contributed by atoms with Gasteiger partial charge in [0.1, 0.15) is 5.82 Å². The van der Waals surface area contributed by atoms with Crippen molar-refractivity contribution >= 4 is 44.7 Å². The van der Waals surface area contributed by atoms with Crippen molar-refractivity contribution in [3.8, 4) is 0 Å². The Bertz CT molecular complexity index is 1090. The van der Waals surface area contributed by atoms with Gasteiger partial charge in [-0.25, -0.2) is 4.98 Å². The normalized spacial score (nSPS) is 10.6. The molecule has 0 aliphatic rings. The molecule has 2 aromatic carbocycles. The number of halogens is 1. The van der Waals surface area contributed by atoms with Gasteiger partial charge in [0.15, 0.2) is 0 Å². The zero-order chi connectivity index (χ0) is 21.7. The van der Waals surface area contributed by atoms with Crippen LogP contribution >= 0.6 is 15.9 Å². The van der Waals surface area contributed by atoms with Crippen molar-refractivity contribution in [2.24, 2.45) is 0 Å². The molecule has 0 bridgehead atoms. The van der Waals surface area contributed by atoms with E-state index in [0.29, 0.717) is 11.1 Å². The lowest BCUT2D eigenvalue weighted by molar-refractivity contribution is -0.121. The number of hydrazine groups is 1. The van der Waals surface area contributed by atoms with Crippen LogP contribution in [0.1, 0.15) is 39.9 Å². The van der Waals surface area contributed by atoms with Crippen LogP contribution in [0.5, 0.6) is 0 Å². The number of imidazole rings is 1. The highest BCUT2D eigenvalue weighted by molar-refractivity contribution is 9.10. The highest BCUT2D eigenvalue weighted by Crippen LogP contribution is 2.17. The summed E-state index contributed by atoms with van der Waals surface area (Å²) >= 11 is 3.31. The second-order valence-corrected chi connectivity index (χ2v) is 7.54. The van der Waals surface area contributed by atoms with Crippen LogP contribution in [-0.2, 0) is 11.3 Å². The van der Waals surface area contributed by atoms with E-state index in [1.165, 1.54) is 0 Å². The number of nitrogens with one attached hydrogen (secondary N) is 3. The Morgan fingerprint density at radius 3 is 2.40 bits per heavy atom. The molecule has 0 saturated heterocycles. The molecular weight excluding hydrogens is 450 g/mol. The van der Waals surface area contributed by atoms with E-state index in [4.69, 9.17) is 0 Å². The molecule has 0 fully saturated rings. The lowest BCUT2D eigenvalue weighted by Crippen LogP contribution is -2.42. The molecule has 8 nitrogen and oxygen atoms in total. The van der Waals surface area contributed by atoms with Crippen LogP contribution < -0.4 is 16.2 Å². The fraction of sp³-hybridized carbons (Fsp3) is 0.238. The third kappa shape index (κ3) is 5.04. The summed E-state index contributed by atoms with van der Waals surface area (Å²) in [4.78, 5) is 40.7. The maximum absolute atomic E-state index is 12.3. The van der Waals surface area contributed by atoms with Crippen molar-refractivity contribution in [1.29, 1.82) is 0 Å². The number of hydrogen-bond donors (Lipinski definition) is 3. The molecule has 0 saturated carbocycles. The molecule has 0 radical (unpaired) electrons. The van der Waals surface area contributed by atoms with Gasteiger partial charge in [-0.1, -0.05) is 15.9 Å². The van der Waals surface area contributed by atoms with E-state index in [1.807, 2.05) is 19.9 Å². The molecule has 3 rings (SSSR count). The van der Waals surface area contributed by atoms with Gasteiger partial charge in [-0.2, -0.15) is 0 Å². The third-order valence-corrected chi connectivity index (χ3v) is 5.11. The Morgan fingerprint density at radius 1 is 1.00 bits per heavy atom. The molecule has 9 heteroatoms. The average molecular weight is 472 g/mol. The van der Waals surface area contributed by atoms with Crippen molar-refractivity contribution in [3.05, 3.63) is 63.9 Å². The molecule has 3 N–H and O–H groups in total. The number of nitrogens with zero attached hydrogens (tertiary/aromatic N) is 2. The smallest absolute Gasteiger partial charge is 0.269 e. The lowest BCUT2D eigenvalue weighted by atomic mass is 10.2. The minimum atomic E-state index is -0.437. The predicted octanol–water partition coefficient (Wildman–Crippen LogP) is 2.71. The van der Waals surface area contributed by atoms with Gasteiger partial charge in [-0.3, -0.25) is 25.2 Å². The molecule has 3 amide bonds. The fourth-order valence-corrected chi connectivity index (χ4v) is 3.31. The van der Waals surface area contributed by atoms with Gasteiger partial charge >= 0.3 is 0 Å². The summed E-state index contributed by atoms with van der Waals surface area (Å²) in [6, 6.07) is 12.1. The van der Waals surface area contributed by atoms with Crippen LogP contribution in [0, 0.1) is 6.92 Å². The monoisotopic (exact) mass is 471 g/mol. The number of aromatic nitrogens is 2. The SMILES string of the molecule is CCn1c(C)nc2cc(C(=O)NNC(=O)CCNC(=O)c3ccc(Br)cc3)ccc21. The number of fused-ring (bicyclic) bond motifs is 1. The van der Waals surface area contributed by atoms with E-state index in [0.717, 1.165) is 27.9 Å². The molecule has 30 heavy (non-hydrogen) atoms. The summed E-state index contributed by atoms with van der Waals surface area (Å²) in [6.07, 6.45) is 0.0294. The first kappa shape index (κ1) is 21.5. The highest BCUT2D eigenvalue weighted by atomic mass is 79.9. The molecule has 0 unspecified atom stereocenters. The number of amides is 3. The van der Waals surface area contributed by atoms with Crippen molar-refractivity contribution in [1.82, 2.24) is 25.7 Å². The van der Waals surface area contributed by atoms with Crippen LogP contribution in [0.2, 0.25) is 0 Å². The summed E-state index contributed by atoms with van der Waals surface area (Å²) < 4.78 is 2.93. The Kier molecular flexibility index (Phi) is 6.83. The largest absolute Gasteiger partial charge is 0.352 e. The maximum atomic E-state index is 12.3. The second-order valence-electron chi connectivity index (χ2n) is 6.62. The molecule has 156 valence electrons. The minimum absolute atomic E-state index is 0.0294. The Hall–Kier alpha value is -3.20. The molecule has 0 aliphatic heterocycles. The first-order valence-corrected chi connectivity index (χ1v) is 10.3. The molecular formula is C21H22BrN5O3. The van der Waals surface area contributed by atoms with Crippen molar-refractivity contribution in [3.63, 3.8) is 0 Å². The minimum Gasteiger partial charge on any atom is -0.352 e. The predicted molar refractivity (Wildman–Crippen MR) is 117 cm³/mol. The number of carbonyl (C=O) groups excluding carboxylic acids is 3. The van der Waals surface area contributed by atoms with Gasteiger partial charge in [0.2, 0.25) is 5.91 Å². The standard InChI is InChI=1S/C21H22BrN5O3/c1-3-27-13(2)24-17-12-15(6-9-18(17)27)21(30)26-25-19(28)10-11-23-20(29)14-4-7-16(22)8-5-14/h4-9,12H,3,10-11H2,1-2H3,(H,23,29)(H,25,28)(H,26,30). The van der Waals surface area contributed by atoms with E-state index in [1.54, 1.807) is 36.4 Å². The second kappa shape index (κ2) is 9.53. The lowest BCUT2D eigenvalue weighted by Gasteiger charge is -2.09. The van der Waals surface area contributed by atoms with E-state index in [9.17, 15) is 14.4 Å². The molecule has 0 spiro atoms. The van der Waals surface area contributed by atoms with E-state index in [-0.39, 0.29) is 18.9 Å². The topological polar surface area (TPSA) is 105 Å². The number of aryl methyl sites for hydroxylation is 2. The van der Waals surface area contributed by atoms with E-state index < -0.39 is 11.8 Å². The zero-order valence-electron chi connectivity index (χ0n) is 16.7. The number of hydrogen-bond acceptors (Lipinski definition) is 4. The number of rotatable bonds is 6. The molecule has 0 aliphatic carbocycles. The van der Waals surface area contributed by atoms with Crippen molar-refractivity contribution in [2.45, 2.75) is 26.8 Å². The Morgan fingerprint density at radius 2 is 1.70 bits per heavy atom. The Labute approximate surface area is 182 Å². The van der Waals surface area contributed by atoms with Gasteiger partial charge in [-0.15, -0.1) is 0 Å². The van der Waals surface area contributed by atoms with Gasteiger partial charge < -0.3 is 9.88 Å². The van der Waals surface area contributed by atoms with Gasteiger partial charge in [0.25, 0.3) is 11.8 Å². The molecule has 0 atom stereocenters. The highest BCUT2D eigenvalue weighted by Gasteiger charge is 2.12. The Balaban J connectivity index is 1.47. The zero-order valence-corrected chi connectivity index (χ0v) is 18.2. The third-order valence-electron chi connectivity index (χ3n) is 4.58. The fourth-order valence-electron chi connectivity index (χ4n) is 3.04. The first-order valence-electron chi connectivity index (χ1n) is 9.49. The summed E-state index contributed by atoms with van der Waals surface area (Å²) in [6.45, 7) is 4.89. The first-order chi connectivity index (χ1) is 14.4. The van der Waals surface area contributed by atoms with Crippen LogP contribution in [-0.4, -0.2) is 33.8 Å². The summed E-state index contributed by atoms with van der Waals surface area (Å²) in [5.74, 6) is -0.238. The molecule has 1 heterocycles.